The molecule has 2 aromatic rings. The Hall–Kier alpha value is -2.53. The van der Waals surface area contributed by atoms with E-state index in [0.29, 0.717) is 5.11 Å². The molecule has 1 atom stereocenters. The second kappa shape index (κ2) is 5.85. The Morgan fingerprint density at radius 3 is 2.33 bits per heavy atom. The van der Waals surface area contributed by atoms with Crippen molar-refractivity contribution in [3.8, 4) is 0 Å². The van der Waals surface area contributed by atoms with Crippen LogP contribution in [0, 0.1) is 0 Å². The van der Waals surface area contributed by atoms with Crippen LogP contribution in [-0.2, 0) is 4.79 Å². The van der Waals surface area contributed by atoms with Gasteiger partial charge in [-0.1, -0.05) is 60.7 Å². The molecule has 0 aromatic heterocycles. The molecule has 1 fully saturated rings. The summed E-state index contributed by atoms with van der Waals surface area (Å²) in [4.78, 5) is 12.4. The third kappa shape index (κ3) is 2.83. The van der Waals surface area contributed by atoms with Gasteiger partial charge in [0.1, 0.15) is 6.04 Å². The number of thiocarbonyl (C=S) groups is 1. The molecule has 5 heteroatoms. The molecule has 1 amide bonds. The molecule has 0 saturated carbocycles. The summed E-state index contributed by atoms with van der Waals surface area (Å²) < 4.78 is 0. The van der Waals surface area contributed by atoms with Crippen LogP contribution in [0.5, 0.6) is 0 Å². The van der Waals surface area contributed by atoms with E-state index >= 15 is 0 Å². The van der Waals surface area contributed by atoms with Crippen LogP contribution in [0.15, 0.2) is 65.8 Å². The minimum Gasteiger partial charge on any atom is -0.345 e. The second-order valence-electron chi connectivity index (χ2n) is 4.60. The Labute approximate surface area is 128 Å². The highest BCUT2D eigenvalue weighted by Crippen LogP contribution is 2.21. The van der Waals surface area contributed by atoms with Crippen LogP contribution in [0.2, 0.25) is 0 Å². The van der Waals surface area contributed by atoms with Crippen molar-refractivity contribution in [2.75, 3.05) is 0 Å². The molecule has 1 aliphatic rings. The van der Waals surface area contributed by atoms with E-state index < -0.39 is 6.04 Å². The zero-order valence-corrected chi connectivity index (χ0v) is 12.0. The first-order valence-corrected chi connectivity index (χ1v) is 6.95. The van der Waals surface area contributed by atoms with Gasteiger partial charge >= 0.3 is 0 Å². The summed E-state index contributed by atoms with van der Waals surface area (Å²) in [5.41, 5.74) is 1.79. The molecule has 0 spiro atoms. The van der Waals surface area contributed by atoms with Crippen molar-refractivity contribution < 1.29 is 4.79 Å². The predicted molar refractivity (Wildman–Crippen MR) is 85.8 cm³/mol. The number of hydrazone groups is 1. The highest BCUT2D eigenvalue weighted by Gasteiger charge is 2.36. The van der Waals surface area contributed by atoms with E-state index in [1.807, 2.05) is 60.7 Å². The number of rotatable bonds is 3. The number of nitrogens with zero attached hydrogens (tertiary/aromatic N) is 2. The zero-order valence-electron chi connectivity index (χ0n) is 11.1. The number of benzene rings is 2. The maximum Gasteiger partial charge on any atom is 0.276 e. The van der Waals surface area contributed by atoms with Crippen molar-refractivity contribution >= 4 is 29.5 Å². The van der Waals surface area contributed by atoms with Crippen LogP contribution in [0.3, 0.4) is 0 Å². The van der Waals surface area contributed by atoms with Crippen molar-refractivity contribution in [3.63, 3.8) is 0 Å². The van der Waals surface area contributed by atoms with E-state index in [2.05, 4.69) is 10.4 Å². The van der Waals surface area contributed by atoms with Crippen LogP contribution in [0.4, 0.5) is 0 Å². The average molecular weight is 295 g/mol. The number of nitrogens with one attached hydrogen (secondary N) is 1. The summed E-state index contributed by atoms with van der Waals surface area (Å²) in [6.07, 6.45) is 1.62. The average Bonchev–Trinajstić information content (AvgIpc) is 2.82. The minimum absolute atomic E-state index is 0.168. The monoisotopic (exact) mass is 295 g/mol. The molecular formula is C16H13N3OS. The summed E-state index contributed by atoms with van der Waals surface area (Å²) in [6.45, 7) is 0. The van der Waals surface area contributed by atoms with E-state index in [9.17, 15) is 4.79 Å². The smallest absolute Gasteiger partial charge is 0.276 e. The summed E-state index contributed by atoms with van der Waals surface area (Å²) in [5, 5.41) is 8.74. The molecule has 1 N–H and O–H groups in total. The molecule has 0 bridgehead atoms. The molecule has 2 aromatic carbocycles. The number of amides is 1. The number of carbonyl (C=O) groups excluding carboxylic acids is 1. The lowest BCUT2D eigenvalue weighted by atomic mass is 10.1. The van der Waals surface area contributed by atoms with Crippen LogP contribution in [-0.4, -0.2) is 22.2 Å². The van der Waals surface area contributed by atoms with Gasteiger partial charge in [0.05, 0.1) is 6.21 Å². The van der Waals surface area contributed by atoms with Gasteiger partial charge in [-0.15, -0.1) is 0 Å². The van der Waals surface area contributed by atoms with Crippen LogP contribution < -0.4 is 5.32 Å². The van der Waals surface area contributed by atoms with Crippen molar-refractivity contribution in [2.45, 2.75) is 6.04 Å². The van der Waals surface area contributed by atoms with Crippen LogP contribution in [0.1, 0.15) is 17.2 Å². The SMILES string of the molecule is O=C1[C@H](c2ccccc2)NC(=S)N1/N=C\c1ccccc1. The van der Waals surface area contributed by atoms with Gasteiger partial charge in [-0.25, -0.2) is 0 Å². The van der Waals surface area contributed by atoms with Gasteiger partial charge in [-0.2, -0.15) is 10.1 Å². The Morgan fingerprint density at radius 1 is 1.05 bits per heavy atom. The Balaban J connectivity index is 1.80. The summed E-state index contributed by atoms with van der Waals surface area (Å²) in [6, 6.07) is 18.6. The summed E-state index contributed by atoms with van der Waals surface area (Å²) in [5.74, 6) is -0.168. The Kier molecular flexibility index (Phi) is 3.75. The highest BCUT2D eigenvalue weighted by atomic mass is 32.1. The van der Waals surface area contributed by atoms with E-state index in [1.165, 1.54) is 5.01 Å². The molecule has 0 aliphatic carbocycles. The molecule has 1 aliphatic heterocycles. The number of carbonyl (C=O) groups is 1. The second-order valence-corrected chi connectivity index (χ2v) is 4.99. The zero-order chi connectivity index (χ0) is 14.7. The first-order valence-electron chi connectivity index (χ1n) is 6.54. The molecule has 4 nitrogen and oxygen atoms in total. The standard InChI is InChI=1S/C16H13N3OS/c20-15-14(13-9-5-2-6-10-13)18-16(21)19(15)17-11-12-7-3-1-4-8-12/h1-11,14H,(H,18,21)/b17-11-/t14-/m0/s1. The maximum absolute atomic E-state index is 12.4. The third-order valence-corrected chi connectivity index (χ3v) is 3.46. The molecule has 1 saturated heterocycles. The molecular weight excluding hydrogens is 282 g/mol. The van der Waals surface area contributed by atoms with Gasteiger partial charge in [-0.3, -0.25) is 4.79 Å². The molecule has 1 heterocycles. The van der Waals surface area contributed by atoms with Gasteiger partial charge in [0.2, 0.25) is 0 Å². The maximum atomic E-state index is 12.4. The summed E-state index contributed by atoms with van der Waals surface area (Å²) in [7, 11) is 0. The lowest BCUT2D eigenvalue weighted by Crippen LogP contribution is -2.25. The van der Waals surface area contributed by atoms with Gasteiger partial charge in [-0.05, 0) is 23.3 Å². The molecule has 3 rings (SSSR count). The van der Waals surface area contributed by atoms with E-state index in [4.69, 9.17) is 12.2 Å². The lowest BCUT2D eigenvalue weighted by molar-refractivity contribution is -0.127. The largest absolute Gasteiger partial charge is 0.345 e. The fourth-order valence-electron chi connectivity index (χ4n) is 2.11. The van der Waals surface area contributed by atoms with Gasteiger partial charge in [0, 0.05) is 0 Å². The number of hydrogen-bond acceptors (Lipinski definition) is 3. The van der Waals surface area contributed by atoms with Gasteiger partial charge in [0.25, 0.3) is 5.91 Å². The van der Waals surface area contributed by atoms with E-state index in [0.717, 1.165) is 11.1 Å². The third-order valence-electron chi connectivity index (χ3n) is 3.17. The van der Waals surface area contributed by atoms with Crippen molar-refractivity contribution in [3.05, 3.63) is 71.8 Å². The molecule has 21 heavy (non-hydrogen) atoms. The highest BCUT2D eigenvalue weighted by molar-refractivity contribution is 7.80. The van der Waals surface area contributed by atoms with Gasteiger partial charge < -0.3 is 5.32 Å². The molecule has 0 unspecified atom stereocenters. The van der Waals surface area contributed by atoms with Gasteiger partial charge in [0.15, 0.2) is 5.11 Å². The van der Waals surface area contributed by atoms with Crippen molar-refractivity contribution in [2.24, 2.45) is 5.10 Å². The Bertz CT molecular complexity index is 685. The number of hydrogen-bond donors (Lipinski definition) is 1. The minimum atomic E-state index is -0.466. The molecule has 104 valence electrons. The topological polar surface area (TPSA) is 44.7 Å². The first-order chi connectivity index (χ1) is 10.3. The van der Waals surface area contributed by atoms with Crippen molar-refractivity contribution in [1.29, 1.82) is 0 Å². The van der Waals surface area contributed by atoms with Crippen molar-refractivity contribution in [1.82, 2.24) is 10.3 Å². The lowest BCUT2D eigenvalue weighted by Gasteiger charge is -2.08. The first kappa shape index (κ1) is 13.5. The quantitative estimate of drug-likeness (QED) is 0.699. The fourth-order valence-corrected chi connectivity index (χ4v) is 2.37. The fraction of sp³-hybridized carbons (Fsp3) is 0.0625. The normalized spacial score (nSPS) is 18.3. The summed E-state index contributed by atoms with van der Waals surface area (Å²) >= 11 is 5.19. The van der Waals surface area contributed by atoms with E-state index in [1.54, 1.807) is 6.21 Å². The Morgan fingerprint density at radius 2 is 1.67 bits per heavy atom. The predicted octanol–water partition coefficient (Wildman–Crippen LogP) is 2.48. The van der Waals surface area contributed by atoms with Crippen LogP contribution in [0.25, 0.3) is 0 Å². The van der Waals surface area contributed by atoms with Crippen LogP contribution >= 0.6 is 12.2 Å². The molecule has 0 radical (unpaired) electrons. The van der Waals surface area contributed by atoms with E-state index in [-0.39, 0.29) is 5.91 Å².